The standard InChI is InChI=1S/C23H25ClN2O3.ClH/c1-26(2,15-23(28)25-19-12-10-18(24)11-13-19)14-20(27)16-29-22-9-5-7-17-6-3-4-8-21(17)22;/h3-13,20,27H,14-16H2,1-2H3;1H. The van der Waals surface area contributed by atoms with Crippen molar-refractivity contribution in [3.8, 4) is 5.75 Å². The van der Waals surface area contributed by atoms with E-state index in [9.17, 15) is 9.90 Å². The zero-order chi connectivity index (χ0) is 20.9. The smallest absolute Gasteiger partial charge is 0.279 e. The molecule has 1 atom stereocenters. The van der Waals surface area contributed by atoms with Gasteiger partial charge >= 0.3 is 0 Å². The minimum absolute atomic E-state index is 0. The summed E-state index contributed by atoms with van der Waals surface area (Å²) in [7, 11) is 3.81. The number of rotatable bonds is 8. The second-order valence-electron chi connectivity index (χ2n) is 7.77. The Hall–Kier alpha value is -2.31. The van der Waals surface area contributed by atoms with Crippen LogP contribution in [0.15, 0.2) is 66.7 Å². The third-order valence-electron chi connectivity index (χ3n) is 4.59. The lowest BCUT2D eigenvalue weighted by atomic mass is 10.1. The van der Waals surface area contributed by atoms with Gasteiger partial charge in [0.15, 0.2) is 6.54 Å². The fraction of sp³-hybridized carbons (Fsp3) is 0.261. The number of fused-ring (bicyclic) bond motifs is 1. The Bertz CT molecular complexity index is 972. The minimum atomic E-state index is -0.702. The number of anilines is 1. The number of quaternary nitrogens is 1. The van der Waals surface area contributed by atoms with E-state index in [0.29, 0.717) is 21.7 Å². The number of carbonyl (C=O) groups excluding carboxylic acids is 1. The second-order valence-corrected chi connectivity index (χ2v) is 8.21. The zero-order valence-electron chi connectivity index (χ0n) is 17.0. The second kappa shape index (κ2) is 10.6. The first kappa shape index (κ1) is 24.0. The fourth-order valence-corrected chi connectivity index (χ4v) is 3.44. The summed E-state index contributed by atoms with van der Waals surface area (Å²) in [4.78, 5) is 12.3. The lowest BCUT2D eigenvalue weighted by Gasteiger charge is -2.31. The Kier molecular flexibility index (Phi) is 8.50. The average molecular weight is 449 g/mol. The van der Waals surface area contributed by atoms with Gasteiger partial charge in [0, 0.05) is 16.1 Å². The largest absolute Gasteiger partial charge is 1.00 e. The normalized spacial score (nSPS) is 12.1. The van der Waals surface area contributed by atoms with Gasteiger partial charge in [0.25, 0.3) is 5.91 Å². The number of aliphatic hydroxyl groups excluding tert-OH is 1. The maximum absolute atomic E-state index is 12.3. The molecule has 3 rings (SSSR count). The molecule has 3 aromatic carbocycles. The van der Waals surface area contributed by atoms with Crippen LogP contribution in [0.2, 0.25) is 5.02 Å². The Labute approximate surface area is 188 Å². The fourth-order valence-electron chi connectivity index (χ4n) is 3.32. The molecular weight excluding hydrogens is 423 g/mol. The summed E-state index contributed by atoms with van der Waals surface area (Å²) < 4.78 is 6.20. The van der Waals surface area contributed by atoms with Crippen LogP contribution in [-0.4, -0.2) is 55.4 Å². The number of hydrogen-bond donors (Lipinski definition) is 2. The van der Waals surface area contributed by atoms with Crippen LogP contribution in [0.5, 0.6) is 5.75 Å². The van der Waals surface area contributed by atoms with E-state index < -0.39 is 6.10 Å². The van der Waals surface area contributed by atoms with Crippen molar-refractivity contribution < 1.29 is 31.5 Å². The number of benzene rings is 3. The molecule has 0 aliphatic carbocycles. The molecule has 1 unspecified atom stereocenters. The summed E-state index contributed by atoms with van der Waals surface area (Å²) in [6.45, 7) is 0.779. The van der Waals surface area contributed by atoms with E-state index in [1.165, 1.54) is 0 Å². The summed E-state index contributed by atoms with van der Waals surface area (Å²) in [6.07, 6.45) is -0.702. The first-order valence-electron chi connectivity index (χ1n) is 9.48. The summed E-state index contributed by atoms with van der Waals surface area (Å²) in [5.41, 5.74) is 0.694. The molecule has 5 nitrogen and oxygen atoms in total. The highest BCUT2D eigenvalue weighted by molar-refractivity contribution is 6.30. The van der Waals surface area contributed by atoms with Crippen molar-refractivity contribution in [3.63, 3.8) is 0 Å². The molecule has 0 saturated carbocycles. The SMILES string of the molecule is C[N+](C)(CC(=O)Nc1ccc(Cl)cc1)CC(O)COc1cccc2ccccc12.[Cl-]. The van der Waals surface area contributed by atoms with E-state index in [1.807, 2.05) is 56.6 Å². The Morgan fingerprint density at radius 2 is 1.73 bits per heavy atom. The van der Waals surface area contributed by atoms with Crippen molar-refractivity contribution >= 4 is 34.0 Å². The van der Waals surface area contributed by atoms with Gasteiger partial charge < -0.3 is 32.1 Å². The molecule has 0 radical (unpaired) electrons. The van der Waals surface area contributed by atoms with Gasteiger partial charge in [-0.3, -0.25) is 4.79 Å². The molecular formula is C23H26Cl2N2O3. The summed E-state index contributed by atoms with van der Waals surface area (Å²) >= 11 is 5.86. The van der Waals surface area contributed by atoms with Crippen molar-refractivity contribution in [2.75, 3.05) is 39.1 Å². The van der Waals surface area contributed by atoms with Crippen molar-refractivity contribution in [1.82, 2.24) is 0 Å². The Balaban J connectivity index is 0.00000320. The first-order valence-corrected chi connectivity index (χ1v) is 9.86. The number of halogens is 2. The van der Waals surface area contributed by atoms with Gasteiger partial charge in [0.1, 0.15) is 25.0 Å². The number of amides is 1. The molecule has 0 fully saturated rings. The molecule has 30 heavy (non-hydrogen) atoms. The van der Waals surface area contributed by atoms with Crippen LogP contribution >= 0.6 is 11.6 Å². The number of hydrogen-bond acceptors (Lipinski definition) is 3. The maximum atomic E-state index is 12.3. The van der Waals surface area contributed by atoms with Crippen molar-refractivity contribution in [3.05, 3.63) is 71.8 Å². The molecule has 160 valence electrons. The Morgan fingerprint density at radius 1 is 1.07 bits per heavy atom. The summed E-state index contributed by atoms with van der Waals surface area (Å²) in [5, 5.41) is 16.0. The molecule has 1 amide bonds. The van der Waals surface area contributed by atoms with E-state index >= 15 is 0 Å². The van der Waals surface area contributed by atoms with E-state index in [1.54, 1.807) is 24.3 Å². The van der Waals surface area contributed by atoms with Crippen molar-refractivity contribution in [2.24, 2.45) is 0 Å². The van der Waals surface area contributed by atoms with Gasteiger partial charge in [-0.25, -0.2) is 0 Å². The highest BCUT2D eigenvalue weighted by atomic mass is 35.5. The molecule has 7 heteroatoms. The number of carbonyl (C=O) groups is 1. The Morgan fingerprint density at radius 3 is 2.47 bits per heavy atom. The quantitative estimate of drug-likeness (QED) is 0.504. The van der Waals surface area contributed by atoms with Crippen LogP contribution < -0.4 is 22.5 Å². The third kappa shape index (κ3) is 6.89. The van der Waals surface area contributed by atoms with E-state index in [-0.39, 0.29) is 31.5 Å². The highest BCUT2D eigenvalue weighted by Crippen LogP contribution is 2.25. The maximum Gasteiger partial charge on any atom is 0.279 e. The van der Waals surface area contributed by atoms with Gasteiger partial charge in [0.2, 0.25) is 0 Å². The summed E-state index contributed by atoms with van der Waals surface area (Å²) in [6, 6.07) is 20.8. The van der Waals surface area contributed by atoms with Gasteiger partial charge in [-0.2, -0.15) is 0 Å². The van der Waals surface area contributed by atoms with E-state index in [4.69, 9.17) is 16.3 Å². The van der Waals surface area contributed by atoms with Gasteiger partial charge in [-0.1, -0.05) is 48.0 Å². The van der Waals surface area contributed by atoms with Gasteiger partial charge in [-0.15, -0.1) is 0 Å². The van der Waals surface area contributed by atoms with Gasteiger partial charge in [0.05, 0.1) is 14.1 Å². The molecule has 0 heterocycles. The molecule has 0 saturated heterocycles. The zero-order valence-corrected chi connectivity index (χ0v) is 18.5. The number of ether oxygens (including phenoxy) is 1. The summed E-state index contributed by atoms with van der Waals surface area (Å²) in [5.74, 6) is 0.618. The predicted molar refractivity (Wildman–Crippen MR) is 117 cm³/mol. The van der Waals surface area contributed by atoms with Crippen LogP contribution in [0.1, 0.15) is 0 Å². The van der Waals surface area contributed by atoms with Crippen molar-refractivity contribution in [2.45, 2.75) is 6.10 Å². The first-order chi connectivity index (χ1) is 13.8. The third-order valence-corrected chi connectivity index (χ3v) is 4.84. The lowest BCUT2D eigenvalue weighted by molar-refractivity contribution is -0.885. The number of nitrogens with one attached hydrogen (secondary N) is 1. The van der Waals surface area contributed by atoms with E-state index in [0.717, 1.165) is 16.5 Å². The van der Waals surface area contributed by atoms with Gasteiger partial charge in [-0.05, 0) is 35.7 Å². The van der Waals surface area contributed by atoms with Crippen LogP contribution in [0.3, 0.4) is 0 Å². The molecule has 0 aliphatic rings. The molecule has 0 aliphatic heterocycles. The van der Waals surface area contributed by atoms with E-state index in [2.05, 4.69) is 5.32 Å². The average Bonchev–Trinajstić information content (AvgIpc) is 2.67. The van der Waals surface area contributed by atoms with Crippen LogP contribution in [0, 0.1) is 0 Å². The van der Waals surface area contributed by atoms with Crippen molar-refractivity contribution in [1.29, 1.82) is 0 Å². The monoisotopic (exact) mass is 448 g/mol. The number of nitrogens with zero attached hydrogens (tertiary/aromatic N) is 1. The molecule has 2 N–H and O–H groups in total. The van der Waals surface area contributed by atoms with Crippen LogP contribution in [0.25, 0.3) is 10.8 Å². The van der Waals surface area contributed by atoms with Crippen LogP contribution in [0.4, 0.5) is 5.69 Å². The topological polar surface area (TPSA) is 58.6 Å². The molecule has 0 spiro atoms. The van der Waals surface area contributed by atoms with Crippen LogP contribution in [-0.2, 0) is 4.79 Å². The molecule has 0 bridgehead atoms. The lowest BCUT2D eigenvalue weighted by Crippen LogP contribution is -3.00. The minimum Gasteiger partial charge on any atom is -1.00 e. The molecule has 0 aromatic heterocycles. The number of likely N-dealkylation sites (N-methyl/N-ethyl adjacent to an activating group) is 1. The number of aliphatic hydroxyl groups is 1. The molecule has 3 aromatic rings. The highest BCUT2D eigenvalue weighted by Gasteiger charge is 2.24. The predicted octanol–water partition coefficient (Wildman–Crippen LogP) is 0.952.